The molecule has 1 aliphatic carbocycles. The van der Waals surface area contributed by atoms with Crippen molar-refractivity contribution in [1.82, 2.24) is 5.32 Å². The molecular weight excluding hydrogens is 178 g/mol. The first-order valence-electron chi connectivity index (χ1n) is 5.74. The van der Waals surface area contributed by atoms with Crippen molar-refractivity contribution >= 4 is 0 Å². The van der Waals surface area contributed by atoms with E-state index in [1.54, 1.807) is 0 Å². The van der Waals surface area contributed by atoms with Crippen molar-refractivity contribution in [3.63, 3.8) is 0 Å². The molecule has 1 heterocycles. The van der Waals surface area contributed by atoms with Gasteiger partial charge in [0.2, 0.25) is 0 Å². The molecule has 1 saturated carbocycles. The van der Waals surface area contributed by atoms with Crippen molar-refractivity contribution in [1.29, 1.82) is 0 Å². The highest BCUT2D eigenvalue weighted by atomic mass is 16.5. The highest BCUT2D eigenvalue weighted by Gasteiger charge is 2.37. The smallest absolute Gasteiger partial charge is 0.0579 e. The molecule has 2 N–H and O–H groups in total. The van der Waals surface area contributed by atoms with Gasteiger partial charge in [-0.25, -0.2) is 0 Å². The van der Waals surface area contributed by atoms with E-state index < -0.39 is 0 Å². The van der Waals surface area contributed by atoms with Gasteiger partial charge in [0.25, 0.3) is 0 Å². The molecule has 2 aliphatic rings. The average Bonchev–Trinajstić information content (AvgIpc) is 2.05. The van der Waals surface area contributed by atoms with Crippen LogP contribution in [0.4, 0.5) is 0 Å². The summed E-state index contributed by atoms with van der Waals surface area (Å²) in [5, 5.41) is 12.6. The van der Waals surface area contributed by atoms with Gasteiger partial charge in [-0.3, -0.25) is 0 Å². The zero-order valence-corrected chi connectivity index (χ0v) is 8.80. The van der Waals surface area contributed by atoms with Crippen molar-refractivity contribution in [2.24, 2.45) is 11.3 Å². The van der Waals surface area contributed by atoms with Gasteiger partial charge in [-0.2, -0.15) is 0 Å². The summed E-state index contributed by atoms with van der Waals surface area (Å²) in [6.07, 6.45) is 5.59. The second-order valence-electron chi connectivity index (χ2n) is 4.91. The lowest BCUT2D eigenvalue weighted by molar-refractivity contribution is -0.134. The van der Waals surface area contributed by atoms with E-state index in [0.29, 0.717) is 0 Å². The average molecular weight is 199 g/mol. The molecule has 1 saturated heterocycles. The van der Waals surface area contributed by atoms with Crippen LogP contribution in [0.25, 0.3) is 0 Å². The van der Waals surface area contributed by atoms with Gasteiger partial charge in [0.15, 0.2) is 0 Å². The van der Waals surface area contributed by atoms with Crippen LogP contribution >= 0.6 is 0 Å². The number of rotatable bonds is 6. The Hall–Kier alpha value is -0.120. The molecule has 0 aromatic rings. The Morgan fingerprint density at radius 2 is 2.14 bits per heavy atom. The first-order chi connectivity index (χ1) is 6.85. The van der Waals surface area contributed by atoms with Crippen molar-refractivity contribution in [2.75, 3.05) is 32.9 Å². The minimum atomic E-state index is 0.0413. The maximum atomic E-state index is 9.18. The molecule has 0 aromatic heterocycles. The summed E-state index contributed by atoms with van der Waals surface area (Å²) < 4.78 is 5.14. The van der Waals surface area contributed by atoms with Crippen LogP contribution in [0.2, 0.25) is 0 Å². The quantitative estimate of drug-likeness (QED) is 0.621. The Morgan fingerprint density at radius 3 is 2.57 bits per heavy atom. The predicted octanol–water partition coefficient (Wildman–Crippen LogP) is 0.775. The molecule has 3 nitrogen and oxygen atoms in total. The molecule has 0 unspecified atom stereocenters. The van der Waals surface area contributed by atoms with E-state index in [4.69, 9.17) is 4.74 Å². The van der Waals surface area contributed by atoms with E-state index in [2.05, 4.69) is 5.32 Å². The first-order valence-corrected chi connectivity index (χ1v) is 5.74. The highest BCUT2D eigenvalue weighted by Crippen LogP contribution is 2.29. The molecule has 2 fully saturated rings. The third kappa shape index (κ3) is 2.27. The largest absolute Gasteiger partial charge is 0.396 e. The fraction of sp³-hybridized carbons (Fsp3) is 1.00. The summed E-state index contributed by atoms with van der Waals surface area (Å²) in [4.78, 5) is 0. The molecule has 82 valence electrons. The topological polar surface area (TPSA) is 41.5 Å². The Kier molecular flexibility index (Phi) is 3.42. The van der Waals surface area contributed by atoms with Crippen molar-refractivity contribution in [3.8, 4) is 0 Å². The number of nitrogens with one attached hydrogen (secondary N) is 1. The van der Waals surface area contributed by atoms with Crippen LogP contribution < -0.4 is 5.32 Å². The molecule has 0 amide bonds. The van der Waals surface area contributed by atoms with Crippen LogP contribution in [0.15, 0.2) is 0 Å². The van der Waals surface area contributed by atoms with E-state index in [1.165, 1.54) is 25.7 Å². The second-order valence-corrected chi connectivity index (χ2v) is 4.91. The van der Waals surface area contributed by atoms with Crippen LogP contribution in [0.3, 0.4) is 0 Å². The monoisotopic (exact) mass is 199 g/mol. The van der Waals surface area contributed by atoms with Crippen LogP contribution in [0, 0.1) is 11.3 Å². The minimum Gasteiger partial charge on any atom is -0.396 e. The van der Waals surface area contributed by atoms with Gasteiger partial charge in [-0.15, -0.1) is 0 Å². The number of aliphatic hydroxyl groups excluding tert-OH is 1. The lowest BCUT2D eigenvalue weighted by Crippen LogP contribution is -2.52. The fourth-order valence-electron chi connectivity index (χ4n) is 2.08. The van der Waals surface area contributed by atoms with Crippen molar-refractivity contribution in [3.05, 3.63) is 0 Å². The normalized spacial score (nSPS) is 25.5. The van der Waals surface area contributed by atoms with E-state index >= 15 is 0 Å². The van der Waals surface area contributed by atoms with E-state index in [-0.39, 0.29) is 12.0 Å². The van der Waals surface area contributed by atoms with E-state index in [1.807, 2.05) is 0 Å². The maximum absolute atomic E-state index is 9.18. The van der Waals surface area contributed by atoms with Gasteiger partial charge in [0.1, 0.15) is 0 Å². The summed E-state index contributed by atoms with van der Waals surface area (Å²) in [6.45, 7) is 3.71. The summed E-state index contributed by atoms with van der Waals surface area (Å²) in [5.41, 5.74) is 0.0413. The van der Waals surface area contributed by atoms with Gasteiger partial charge < -0.3 is 15.2 Å². The molecule has 3 heteroatoms. The van der Waals surface area contributed by atoms with Gasteiger partial charge in [-0.05, 0) is 18.9 Å². The molecule has 0 bridgehead atoms. The molecule has 0 atom stereocenters. The molecule has 14 heavy (non-hydrogen) atoms. The number of aliphatic hydroxyl groups is 1. The first kappa shape index (κ1) is 10.4. The third-order valence-corrected chi connectivity index (χ3v) is 3.61. The summed E-state index contributed by atoms with van der Waals surface area (Å²) in [6, 6.07) is 0. The van der Waals surface area contributed by atoms with Crippen molar-refractivity contribution < 1.29 is 9.84 Å². The SMILES string of the molecule is OCC1(CNCCC2CCC2)COC1. The highest BCUT2D eigenvalue weighted by molar-refractivity contribution is 4.87. The van der Waals surface area contributed by atoms with Gasteiger partial charge >= 0.3 is 0 Å². The number of hydrogen-bond acceptors (Lipinski definition) is 3. The molecule has 1 aliphatic heterocycles. The van der Waals surface area contributed by atoms with E-state index in [0.717, 1.165) is 32.2 Å². The Bertz CT molecular complexity index is 171. The molecule has 0 aromatic carbocycles. The third-order valence-electron chi connectivity index (χ3n) is 3.61. The molecule has 0 spiro atoms. The predicted molar refractivity (Wildman–Crippen MR) is 55.2 cm³/mol. The molecule has 2 rings (SSSR count). The fourth-order valence-corrected chi connectivity index (χ4v) is 2.08. The Labute approximate surface area is 85.8 Å². The minimum absolute atomic E-state index is 0.0413. The summed E-state index contributed by atoms with van der Waals surface area (Å²) in [7, 11) is 0. The second kappa shape index (κ2) is 4.60. The maximum Gasteiger partial charge on any atom is 0.0579 e. The Morgan fingerprint density at radius 1 is 1.36 bits per heavy atom. The van der Waals surface area contributed by atoms with Crippen LogP contribution in [-0.2, 0) is 4.74 Å². The van der Waals surface area contributed by atoms with Crippen LogP contribution in [0.1, 0.15) is 25.7 Å². The summed E-state index contributed by atoms with van der Waals surface area (Å²) in [5.74, 6) is 0.977. The number of ether oxygens (including phenoxy) is 1. The summed E-state index contributed by atoms with van der Waals surface area (Å²) >= 11 is 0. The van der Waals surface area contributed by atoms with Gasteiger partial charge in [-0.1, -0.05) is 19.3 Å². The van der Waals surface area contributed by atoms with Crippen LogP contribution in [0.5, 0.6) is 0 Å². The van der Waals surface area contributed by atoms with Gasteiger partial charge in [0, 0.05) is 6.54 Å². The molecular formula is C11H21NO2. The van der Waals surface area contributed by atoms with E-state index in [9.17, 15) is 5.11 Å². The van der Waals surface area contributed by atoms with Gasteiger partial charge in [0.05, 0.1) is 25.2 Å². The Balaban J connectivity index is 1.53. The van der Waals surface area contributed by atoms with Crippen molar-refractivity contribution in [2.45, 2.75) is 25.7 Å². The zero-order chi connectivity index (χ0) is 9.86. The standard InChI is InChI=1S/C11H21NO2/c13-7-11(8-14-9-11)6-12-5-4-10-2-1-3-10/h10,12-13H,1-9H2. The number of hydrogen-bond donors (Lipinski definition) is 2. The van der Waals surface area contributed by atoms with Crippen LogP contribution in [-0.4, -0.2) is 38.0 Å². The molecule has 0 radical (unpaired) electrons. The zero-order valence-electron chi connectivity index (χ0n) is 8.80. The lowest BCUT2D eigenvalue weighted by atomic mass is 9.83. The lowest BCUT2D eigenvalue weighted by Gasteiger charge is -2.40.